The highest BCUT2D eigenvalue weighted by molar-refractivity contribution is 5.73. The van der Waals surface area contributed by atoms with Crippen LogP contribution in [0.2, 0.25) is 0 Å². The molecule has 0 saturated carbocycles. The maximum Gasteiger partial charge on any atom is 0.152 e. The first-order chi connectivity index (χ1) is 9.56. The van der Waals surface area contributed by atoms with Crippen LogP contribution in [-0.2, 0) is 6.54 Å². The van der Waals surface area contributed by atoms with Crippen molar-refractivity contribution in [1.29, 1.82) is 5.26 Å². The third-order valence-corrected chi connectivity index (χ3v) is 3.23. The molecule has 0 fully saturated rings. The van der Waals surface area contributed by atoms with Crippen LogP contribution in [0.25, 0.3) is 0 Å². The number of hydrogen-bond acceptors (Lipinski definition) is 4. The molecule has 5 heteroatoms. The minimum Gasteiger partial charge on any atom is -0.394 e. The Bertz CT molecular complexity index is 664. The molecule has 0 aliphatic heterocycles. The Hall–Kier alpha value is -2.48. The van der Waals surface area contributed by atoms with Crippen LogP contribution < -0.4 is 11.1 Å². The Morgan fingerprint density at radius 3 is 2.80 bits per heavy atom. The van der Waals surface area contributed by atoms with E-state index in [0.717, 1.165) is 35.7 Å². The first-order valence-electron chi connectivity index (χ1n) is 6.67. The fourth-order valence-electron chi connectivity index (χ4n) is 2.05. The van der Waals surface area contributed by atoms with Gasteiger partial charge in [0.05, 0.1) is 23.0 Å². The number of nitriles is 1. The second-order valence-electron chi connectivity index (χ2n) is 4.84. The summed E-state index contributed by atoms with van der Waals surface area (Å²) in [6.07, 6.45) is 0.979. The predicted molar refractivity (Wildman–Crippen MR) is 80.8 cm³/mol. The van der Waals surface area contributed by atoms with Crippen LogP contribution in [0, 0.1) is 25.2 Å². The Labute approximate surface area is 119 Å². The molecule has 3 N–H and O–H groups in total. The number of rotatable bonds is 4. The monoisotopic (exact) mass is 269 g/mol. The molecule has 1 heterocycles. The highest BCUT2D eigenvalue weighted by atomic mass is 15.3. The van der Waals surface area contributed by atoms with Crippen molar-refractivity contribution in [3.63, 3.8) is 0 Å². The second kappa shape index (κ2) is 5.66. The molecule has 5 nitrogen and oxygen atoms in total. The van der Waals surface area contributed by atoms with Crippen molar-refractivity contribution >= 4 is 17.2 Å². The number of aromatic nitrogens is 2. The van der Waals surface area contributed by atoms with Gasteiger partial charge in [-0.25, -0.2) is 4.68 Å². The third-order valence-electron chi connectivity index (χ3n) is 3.23. The highest BCUT2D eigenvalue weighted by Crippen LogP contribution is 2.28. The van der Waals surface area contributed by atoms with Gasteiger partial charge in [0.25, 0.3) is 0 Å². The summed E-state index contributed by atoms with van der Waals surface area (Å²) in [6, 6.07) is 7.70. The van der Waals surface area contributed by atoms with Crippen LogP contribution in [0.1, 0.15) is 30.2 Å². The maximum atomic E-state index is 9.00. The molecular formula is C15H19N5. The van der Waals surface area contributed by atoms with E-state index in [-0.39, 0.29) is 0 Å². The van der Waals surface area contributed by atoms with E-state index in [2.05, 4.69) is 23.4 Å². The van der Waals surface area contributed by atoms with Crippen molar-refractivity contribution < 1.29 is 0 Å². The quantitative estimate of drug-likeness (QED) is 0.893. The standard InChI is InChI=1S/C15H19N5/c1-4-7-20-15(14(17)11(3)19-20)18-13-8-12(9-16)6-5-10(13)2/h5-6,8,18H,4,7,17H2,1-3H3. The highest BCUT2D eigenvalue weighted by Gasteiger charge is 2.13. The summed E-state index contributed by atoms with van der Waals surface area (Å²) in [5.41, 5.74) is 10.1. The molecule has 0 amide bonds. The normalized spacial score (nSPS) is 10.3. The minimum absolute atomic E-state index is 0.620. The summed E-state index contributed by atoms with van der Waals surface area (Å²) < 4.78 is 1.88. The molecule has 104 valence electrons. The van der Waals surface area contributed by atoms with E-state index in [9.17, 15) is 0 Å². The summed E-state index contributed by atoms with van der Waals surface area (Å²) in [5.74, 6) is 0.794. The number of benzene rings is 1. The molecule has 0 spiro atoms. The lowest BCUT2D eigenvalue weighted by molar-refractivity contribution is 0.605. The van der Waals surface area contributed by atoms with E-state index in [0.29, 0.717) is 11.3 Å². The molecule has 20 heavy (non-hydrogen) atoms. The van der Waals surface area contributed by atoms with E-state index in [1.807, 2.05) is 30.7 Å². The van der Waals surface area contributed by atoms with Crippen LogP contribution in [0.15, 0.2) is 18.2 Å². The van der Waals surface area contributed by atoms with Crippen molar-refractivity contribution in [3.05, 3.63) is 35.0 Å². The topological polar surface area (TPSA) is 79.7 Å². The zero-order valence-electron chi connectivity index (χ0n) is 12.1. The van der Waals surface area contributed by atoms with Gasteiger partial charge in [0.2, 0.25) is 0 Å². The number of hydrogen-bond donors (Lipinski definition) is 2. The van der Waals surface area contributed by atoms with Crippen molar-refractivity contribution in [1.82, 2.24) is 9.78 Å². The Balaban J connectivity index is 2.42. The number of aryl methyl sites for hydroxylation is 3. The summed E-state index contributed by atoms with van der Waals surface area (Å²) >= 11 is 0. The van der Waals surface area contributed by atoms with Gasteiger partial charge in [-0.3, -0.25) is 0 Å². The van der Waals surface area contributed by atoms with E-state index in [1.165, 1.54) is 0 Å². The second-order valence-corrected chi connectivity index (χ2v) is 4.84. The van der Waals surface area contributed by atoms with Gasteiger partial charge >= 0.3 is 0 Å². The van der Waals surface area contributed by atoms with Crippen molar-refractivity contribution in [3.8, 4) is 6.07 Å². The summed E-state index contributed by atoms with van der Waals surface area (Å²) in [4.78, 5) is 0. The number of nitrogen functional groups attached to an aromatic ring is 1. The molecule has 1 aromatic heterocycles. The summed E-state index contributed by atoms with van der Waals surface area (Å²) in [7, 11) is 0. The van der Waals surface area contributed by atoms with Crippen LogP contribution in [-0.4, -0.2) is 9.78 Å². The van der Waals surface area contributed by atoms with Gasteiger partial charge in [-0.05, 0) is 38.0 Å². The number of nitrogens with two attached hydrogens (primary N) is 1. The Morgan fingerprint density at radius 1 is 1.40 bits per heavy atom. The summed E-state index contributed by atoms with van der Waals surface area (Å²) in [6.45, 7) is 6.79. The van der Waals surface area contributed by atoms with Crippen LogP contribution in [0.3, 0.4) is 0 Å². The number of anilines is 3. The van der Waals surface area contributed by atoms with Gasteiger partial charge in [0.1, 0.15) is 0 Å². The molecule has 0 radical (unpaired) electrons. The SMILES string of the molecule is CCCn1nc(C)c(N)c1Nc1cc(C#N)ccc1C. The average molecular weight is 269 g/mol. The van der Waals surface area contributed by atoms with Gasteiger partial charge in [-0.1, -0.05) is 13.0 Å². The van der Waals surface area contributed by atoms with Gasteiger partial charge in [0.15, 0.2) is 5.82 Å². The lowest BCUT2D eigenvalue weighted by Crippen LogP contribution is -2.06. The lowest BCUT2D eigenvalue weighted by Gasteiger charge is -2.12. The van der Waals surface area contributed by atoms with Crippen molar-refractivity contribution in [2.75, 3.05) is 11.1 Å². The van der Waals surface area contributed by atoms with Gasteiger partial charge in [-0.15, -0.1) is 0 Å². The first kappa shape index (κ1) is 13.9. The van der Waals surface area contributed by atoms with E-state index in [1.54, 1.807) is 6.07 Å². The van der Waals surface area contributed by atoms with Gasteiger partial charge in [0, 0.05) is 12.2 Å². The molecule has 0 unspecified atom stereocenters. The Morgan fingerprint density at radius 2 is 2.15 bits per heavy atom. The van der Waals surface area contributed by atoms with E-state index >= 15 is 0 Å². The molecule has 0 aliphatic carbocycles. The zero-order chi connectivity index (χ0) is 14.7. The van der Waals surface area contributed by atoms with E-state index < -0.39 is 0 Å². The average Bonchev–Trinajstić information content (AvgIpc) is 2.69. The molecule has 1 aromatic carbocycles. The van der Waals surface area contributed by atoms with Crippen molar-refractivity contribution in [2.45, 2.75) is 33.7 Å². The number of nitrogens with one attached hydrogen (secondary N) is 1. The Kier molecular flexibility index (Phi) is 3.94. The summed E-state index contributed by atoms with van der Waals surface area (Å²) in [5, 5.41) is 16.7. The van der Waals surface area contributed by atoms with Gasteiger partial charge in [-0.2, -0.15) is 10.4 Å². The van der Waals surface area contributed by atoms with Gasteiger partial charge < -0.3 is 11.1 Å². The van der Waals surface area contributed by atoms with Crippen molar-refractivity contribution in [2.24, 2.45) is 0 Å². The van der Waals surface area contributed by atoms with E-state index in [4.69, 9.17) is 11.0 Å². The first-order valence-corrected chi connectivity index (χ1v) is 6.67. The largest absolute Gasteiger partial charge is 0.394 e. The lowest BCUT2D eigenvalue weighted by atomic mass is 10.1. The minimum atomic E-state index is 0.620. The molecule has 2 aromatic rings. The molecular weight excluding hydrogens is 250 g/mol. The third kappa shape index (κ3) is 2.59. The maximum absolute atomic E-state index is 9.00. The fraction of sp³-hybridized carbons (Fsp3) is 0.333. The molecule has 0 saturated heterocycles. The number of nitrogens with zero attached hydrogens (tertiary/aromatic N) is 3. The molecule has 2 rings (SSSR count). The van der Waals surface area contributed by atoms with Crippen LogP contribution in [0.5, 0.6) is 0 Å². The van der Waals surface area contributed by atoms with Crippen LogP contribution in [0.4, 0.5) is 17.2 Å². The molecule has 0 bridgehead atoms. The fourth-order valence-corrected chi connectivity index (χ4v) is 2.05. The zero-order valence-corrected chi connectivity index (χ0v) is 12.1. The smallest absolute Gasteiger partial charge is 0.152 e. The predicted octanol–water partition coefficient (Wildman–Crippen LogP) is 3.11. The van der Waals surface area contributed by atoms with Crippen LogP contribution >= 0.6 is 0 Å². The molecule has 0 aliphatic rings. The molecule has 0 atom stereocenters.